The molecule has 2 aromatic heterocycles. The Balaban J connectivity index is 1.93. The highest BCUT2D eigenvalue weighted by atomic mass is 32.2. The van der Waals surface area contributed by atoms with Crippen molar-refractivity contribution in [1.82, 2.24) is 14.9 Å². The fourth-order valence-electron chi connectivity index (χ4n) is 4.06. The minimum absolute atomic E-state index is 0.110. The SMILES string of the molecule is Cc1ccc(C)c(-n2c(SC(C)C(=O)NC(N)=O)nc3sc4c(c3c2=O)CCC(C)C4)c1. The molecule has 4 rings (SSSR count). The van der Waals surface area contributed by atoms with E-state index in [9.17, 15) is 14.4 Å². The summed E-state index contributed by atoms with van der Waals surface area (Å²) in [7, 11) is 0. The molecule has 3 amide bonds. The first-order valence-electron chi connectivity index (χ1n) is 10.6. The van der Waals surface area contributed by atoms with Crippen LogP contribution in [-0.4, -0.2) is 26.7 Å². The van der Waals surface area contributed by atoms with Crippen LogP contribution in [0.4, 0.5) is 4.79 Å². The molecular formula is C23H26N4O3S2. The second kappa shape index (κ2) is 8.71. The molecular weight excluding hydrogens is 444 g/mol. The van der Waals surface area contributed by atoms with Gasteiger partial charge in [-0.05, 0) is 68.7 Å². The van der Waals surface area contributed by atoms with Crippen LogP contribution in [0.5, 0.6) is 0 Å². The molecule has 0 saturated heterocycles. The van der Waals surface area contributed by atoms with Crippen LogP contribution in [0.25, 0.3) is 15.9 Å². The zero-order chi connectivity index (χ0) is 23.2. The third-order valence-electron chi connectivity index (χ3n) is 5.80. The lowest BCUT2D eigenvalue weighted by molar-refractivity contribution is -0.119. The van der Waals surface area contributed by atoms with Gasteiger partial charge in [0.15, 0.2) is 5.16 Å². The minimum atomic E-state index is -0.905. The van der Waals surface area contributed by atoms with Gasteiger partial charge < -0.3 is 5.73 Å². The maximum Gasteiger partial charge on any atom is 0.318 e. The summed E-state index contributed by atoms with van der Waals surface area (Å²) in [6.07, 6.45) is 2.89. The van der Waals surface area contributed by atoms with Gasteiger partial charge in [0, 0.05) is 4.88 Å². The first kappa shape index (κ1) is 22.5. The lowest BCUT2D eigenvalue weighted by atomic mass is 9.89. The first-order chi connectivity index (χ1) is 15.2. The van der Waals surface area contributed by atoms with Crippen LogP contribution in [0.3, 0.4) is 0 Å². The third-order valence-corrected chi connectivity index (χ3v) is 8.00. The molecule has 32 heavy (non-hydrogen) atoms. The number of thiophene rings is 1. The maximum absolute atomic E-state index is 13.9. The van der Waals surface area contributed by atoms with Gasteiger partial charge in [-0.3, -0.25) is 19.5 Å². The average Bonchev–Trinajstić information content (AvgIpc) is 3.07. The molecule has 168 valence electrons. The van der Waals surface area contributed by atoms with Crippen molar-refractivity contribution in [1.29, 1.82) is 0 Å². The highest BCUT2D eigenvalue weighted by Crippen LogP contribution is 2.37. The van der Waals surface area contributed by atoms with E-state index in [1.54, 1.807) is 22.8 Å². The maximum atomic E-state index is 13.9. The fourth-order valence-corrected chi connectivity index (χ4v) is 6.40. The largest absolute Gasteiger partial charge is 0.351 e. The number of aryl methyl sites for hydroxylation is 3. The van der Waals surface area contributed by atoms with Gasteiger partial charge in [-0.25, -0.2) is 9.78 Å². The molecule has 3 N–H and O–H groups in total. The van der Waals surface area contributed by atoms with E-state index in [1.165, 1.54) is 4.88 Å². The molecule has 9 heteroatoms. The lowest BCUT2D eigenvalue weighted by Gasteiger charge is -2.19. The molecule has 0 saturated carbocycles. The van der Waals surface area contributed by atoms with Gasteiger partial charge in [-0.15, -0.1) is 11.3 Å². The minimum Gasteiger partial charge on any atom is -0.351 e. The van der Waals surface area contributed by atoms with E-state index < -0.39 is 17.2 Å². The number of hydrogen-bond acceptors (Lipinski definition) is 6. The van der Waals surface area contributed by atoms with Crippen molar-refractivity contribution in [3.05, 3.63) is 50.1 Å². The monoisotopic (exact) mass is 470 g/mol. The second-order valence-electron chi connectivity index (χ2n) is 8.47. The van der Waals surface area contributed by atoms with Gasteiger partial charge in [-0.2, -0.15) is 0 Å². The van der Waals surface area contributed by atoms with Crippen molar-refractivity contribution in [3.8, 4) is 5.69 Å². The highest BCUT2D eigenvalue weighted by Gasteiger charge is 2.27. The van der Waals surface area contributed by atoms with Crippen molar-refractivity contribution >= 4 is 45.3 Å². The Kier molecular flexibility index (Phi) is 6.13. The molecule has 2 atom stereocenters. The van der Waals surface area contributed by atoms with Gasteiger partial charge in [0.1, 0.15) is 4.83 Å². The van der Waals surface area contributed by atoms with Crippen molar-refractivity contribution in [3.63, 3.8) is 0 Å². The lowest BCUT2D eigenvalue weighted by Crippen LogP contribution is -2.39. The molecule has 7 nitrogen and oxygen atoms in total. The van der Waals surface area contributed by atoms with E-state index in [2.05, 4.69) is 12.2 Å². The number of rotatable bonds is 4. The molecule has 2 unspecified atom stereocenters. The Hall–Kier alpha value is -2.65. The smallest absolute Gasteiger partial charge is 0.318 e. The first-order valence-corrected chi connectivity index (χ1v) is 12.3. The van der Waals surface area contributed by atoms with Crippen molar-refractivity contribution < 1.29 is 9.59 Å². The van der Waals surface area contributed by atoms with Gasteiger partial charge in [0.25, 0.3) is 5.56 Å². The number of amides is 3. The number of thioether (sulfide) groups is 1. The Morgan fingerprint density at radius 3 is 2.81 bits per heavy atom. The van der Waals surface area contributed by atoms with Crippen LogP contribution < -0.4 is 16.6 Å². The van der Waals surface area contributed by atoms with Gasteiger partial charge in [0.05, 0.1) is 16.3 Å². The van der Waals surface area contributed by atoms with E-state index in [4.69, 9.17) is 10.7 Å². The zero-order valence-corrected chi connectivity index (χ0v) is 20.2. The van der Waals surface area contributed by atoms with Gasteiger partial charge in [-0.1, -0.05) is 30.8 Å². The number of imide groups is 1. The molecule has 0 spiro atoms. The number of fused-ring (bicyclic) bond motifs is 3. The van der Waals surface area contributed by atoms with Crippen LogP contribution in [0, 0.1) is 19.8 Å². The van der Waals surface area contributed by atoms with Crippen LogP contribution in [0.2, 0.25) is 0 Å². The van der Waals surface area contributed by atoms with E-state index >= 15 is 0 Å². The predicted molar refractivity (Wildman–Crippen MR) is 129 cm³/mol. The summed E-state index contributed by atoms with van der Waals surface area (Å²) in [5.41, 5.74) is 8.82. The number of carbonyl (C=O) groups is 2. The number of nitrogens with one attached hydrogen (secondary N) is 1. The fraction of sp³-hybridized carbons (Fsp3) is 0.391. The second-order valence-corrected chi connectivity index (χ2v) is 10.9. The highest BCUT2D eigenvalue weighted by molar-refractivity contribution is 8.00. The van der Waals surface area contributed by atoms with Gasteiger partial charge >= 0.3 is 6.03 Å². The summed E-state index contributed by atoms with van der Waals surface area (Å²) >= 11 is 2.72. The summed E-state index contributed by atoms with van der Waals surface area (Å²) in [5.74, 6) is 0.0619. The number of hydrogen-bond donors (Lipinski definition) is 2. The quantitative estimate of drug-likeness (QED) is 0.445. The topological polar surface area (TPSA) is 107 Å². The van der Waals surface area contributed by atoms with E-state index in [0.717, 1.165) is 53.4 Å². The number of aromatic nitrogens is 2. The summed E-state index contributed by atoms with van der Waals surface area (Å²) in [5, 5.41) is 2.55. The molecule has 1 aliphatic rings. The molecule has 0 radical (unpaired) electrons. The number of primary amides is 1. The van der Waals surface area contributed by atoms with Crippen LogP contribution in [-0.2, 0) is 17.6 Å². The Bertz CT molecular complexity index is 1290. The van der Waals surface area contributed by atoms with Crippen molar-refractivity contribution in [2.75, 3.05) is 0 Å². The van der Waals surface area contributed by atoms with Crippen LogP contribution in [0.1, 0.15) is 41.8 Å². The molecule has 0 fully saturated rings. The summed E-state index contributed by atoms with van der Waals surface area (Å²) in [6, 6.07) is 5.03. The Labute approximate surface area is 194 Å². The van der Waals surface area contributed by atoms with Gasteiger partial charge in [0.2, 0.25) is 5.91 Å². The average molecular weight is 471 g/mol. The number of nitrogens with zero attached hydrogens (tertiary/aromatic N) is 2. The Morgan fingerprint density at radius 2 is 2.09 bits per heavy atom. The van der Waals surface area contributed by atoms with E-state index in [1.807, 2.05) is 32.0 Å². The number of nitrogens with two attached hydrogens (primary N) is 1. The molecule has 2 heterocycles. The van der Waals surface area contributed by atoms with E-state index in [0.29, 0.717) is 21.3 Å². The molecule has 0 bridgehead atoms. The summed E-state index contributed by atoms with van der Waals surface area (Å²) < 4.78 is 1.62. The number of benzene rings is 1. The van der Waals surface area contributed by atoms with Crippen molar-refractivity contribution in [2.24, 2.45) is 11.7 Å². The molecule has 1 aromatic carbocycles. The standard InChI is InChI=1S/C23H26N4O3S2/c1-11-5-7-13(3)16(9-11)27-21(29)18-15-8-6-12(2)10-17(15)32-20(18)26-23(27)31-14(4)19(28)25-22(24)30/h5,7,9,12,14H,6,8,10H2,1-4H3,(H3,24,25,28,30). The molecule has 1 aliphatic carbocycles. The normalized spacial score (nSPS) is 16.6. The zero-order valence-electron chi connectivity index (χ0n) is 18.5. The number of urea groups is 1. The number of carbonyl (C=O) groups excluding carboxylic acids is 2. The van der Waals surface area contributed by atoms with Crippen LogP contribution >= 0.6 is 23.1 Å². The predicted octanol–water partition coefficient (Wildman–Crippen LogP) is 3.86. The molecule has 3 aromatic rings. The van der Waals surface area contributed by atoms with Crippen molar-refractivity contribution in [2.45, 2.75) is 57.4 Å². The molecule has 0 aliphatic heterocycles. The van der Waals surface area contributed by atoms with Crippen LogP contribution in [0.15, 0.2) is 28.2 Å². The Morgan fingerprint density at radius 1 is 1.34 bits per heavy atom. The summed E-state index contributed by atoms with van der Waals surface area (Å²) in [6.45, 7) is 7.82. The van der Waals surface area contributed by atoms with E-state index in [-0.39, 0.29) is 5.56 Å². The summed E-state index contributed by atoms with van der Waals surface area (Å²) in [4.78, 5) is 44.1. The third kappa shape index (κ3) is 4.19.